The van der Waals surface area contributed by atoms with Gasteiger partial charge in [-0.2, -0.15) is 5.26 Å². The second kappa shape index (κ2) is 8.63. The fourth-order valence-corrected chi connectivity index (χ4v) is 3.32. The van der Waals surface area contributed by atoms with Gasteiger partial charge in [0.25, 0.3) is 0 Å². The number of ether oxygens (including phenoxy) is 1. The number of esters is 1. The van der Waals surface area contributed by atoms with Crippen LogP contribution in [0.5, 0.6) is 0 Å². The van der Waals surface area contributed by atoms with Gasteiger partial charge in [0.1, 0.15) is 0 Å². The average molecular weight is 337 g/mol. The minimum absolute atomic E-state index is 0.0733. The number of thioether (sulfide) groups is 1. The van der Waals surface area contributed by atoms with Crippen molar-refractivity contribution < 1.29 is 14.3 Å². The lowest BCUT2D eigenvalue weighted by atomic mass is 9.82. The van der Waals surface area contributed by atoms with Gasteiger partial charge in [0.05, 0.1) is 34.6 Å². The van der Waals surface area contributed by atoms with Gasteiger partial charge in [-0.1, -0.05) is 25.6 Å². The molecule has 0 unspecified atom stereocenters. The van der Waals surface area contributed by atoms with Crippen molar-refractivity contribution in [1.29, 1.82) is 5.26 Å². The molecule has 0 aromatic rings. The van der Waals surface area contributed by atoms with E-state index in [4.69, 9.17) is 10.5 Å². The number of carbonyl (C=O) groups is 2. The highest BCUT2D eigenvalue weighted by molar-refractivity contribution is 8.03. The SMILES string of the molecule is CCOC(=O)C1=C(C)NC(SCC(N)=O)=C(C#N)[C@@H]1CC(C)C. The summed E-state index contributed by atoms with van der Waals surface area (Å²) in [6.45, 7) is 7.87. The molecule has 1 aliphatic rings. The normalized spacial score (nSPS) is 17.8. The van der Waals surface area contributed by atoms with E-state index in [1.54, 1.807) is 13.8 Å². The summed E-state index contributed by atoms with van der Waals surface area (Å²) in [5.74, 6) is -0.837. The monoisotopic (exact) mass is 337 g/mol. The zero-order valence-electron chi connectivity index (χ0n) is 13.9. The number of nitrogens with two attached hydrogens (primary N) is 1. The van der Waals surface area contributed by atoms with Crippen LogP contribution in [-0.4, -0.2) is 24.2 Å². The summed E-state index contributed by atoms with van der Waals surface area (Å²) in [7, 11) is 0. The predicted molar refractivity (Wildman–Crippen MR) is 89.7 cm³/mol. The molecule has 0 radical (unpaired) electrons. The first-order valence-electron chi connectivity index (χ1n) is 7.52. The van der Waals surface area contributed by atoms with Crippen LogP contribution in [0.25, 0.3) is 0 Å². The fraction of sp³-hybridized carbons (Fsp3) is 0.562. The summed E-state index contributed by atoms with van der Waals surface area (Å²) in [6.07, 6.45) is 0.649. The van der Waals surface area contributed by atoms with Crippen LogP contribution in [0.4, 0.5) is 0 Å². The van der Waals surface area contributed by atoms with Gasteiger partial charge in [-0.15, -0.1) is 0 Å². The van der Waals surface area contributed by atoms with E-state index in [-0.39, 0.29) is 18.3 Å². The molecule has 0 fully saturated rings. The fourth-order valence-electron chi connectivity index (χ4n) is 2.47. The van der Waals surface area contributed by atoms with Crippen LogP contribution in [0, 0.1) is 23.2 Å². The average Bonchev–Trinajstić information content (AvgIpc) is 2.44. The Kier molecular flexibility index (Phi) is 7.17. The minimum Gasteiger partial charge on any atom is -0.463 e. The number of nitrogens with zero attached hydrogens (tertiary/aromatic N) is 1. The van der Waals surface area contributed by atoms with Gasteiger partial charge < -0.3 is 15.8 Å². The predicted octanol–water partition coefficient (Wildman–Crippen LogP) is 2.04. The summed E-state index contributed by atoms with van der Waals surface area (Å²) in [6, 6.07) is 2.18. The van der Waals surface area contributed by atoms with Crippen molar-refractivity contribution in [3.8, 4) is 6.07 Å². The molecule has 0 saturated carbocycles. The zero-order chi connectivity index (χ0) is 17.6. The van der Waals surface area contributed by atoms with Crippen LogP contribution in [0.3, 0.4) is 0 Å². The summed E-state index contributed by atoms with van der Waals surface area (Å²) >= 11 is 1.19. The molecule has 1 atom stereocenters. The molecule has 1 heterocycles. The van der Waals surface area contributed by atoms with Crippen LogP contribution in [-0.2, 0) is 14.3 Å². The highest BCUT2D eigenvalue weighted by Gasteiger charge is 2.34. The lowest BCUT2D eigenvalue weighted by Crippen LogP contribution is -2.31. The lowest BCUT2D eigenvalue weighted by Gasteiger charge is -2.29. The van der Waals surface area contributed by atoms with E-state index in [9.17, 15) is 14.9 Å². The maximum atomic E-state index is 12.3. The lowest BCUT2D eigenvalue weighted by molar-refractivity contribution is -0.139. The van der Waals surface area contributed by atoms with E-state index in [0.717, 1.165) is 0 Å². The standard InChI is InChI=1S/C16H23N3O3S/c1-5-22-16(21)14-10(4)19-15(23-8-13(18)20)12(7-17)11(14)6-9(2)3/h9,11,19H,5-6,8H2,1-4H3,(H2,18,20)/t11-/m0/s1. The number of carbonyl (C=O) groups excluding carboxylic acids is 2. The van der Waals surface area contributed by atoms with Crippen LogP contribution >= 0.6 is 11.8 Å². The van der Waals surface area contributed by atoms with Crippen LogP contribution in [0.1, 0.15) is 34.1 Å². The molecule has 7 heteroatoms. The molecule has 1 aliphatic heterocycles. The van der Waals surface area contributed by atoms with Crippen LogP contribution in [0.15, 0.2) is 21.9 Å². The van der Waals surface area contributed by atoms with Crippen LogP contribution < -0.4 is 11.1 Å². The highest BCUT2D eigenvalue weighted by Crippen LogP contribution is 2.37. The van der Waals surface area contributed by atoms with Crippen molar-refractivity contribution in [2.75, 3.05) is 12.4 Å². The van der Waals surface area contributed by atoms with E-state index < -0.39 is 11.9 Å². The molecular formula is C16H23N3O3S. The van der Waals surface area contributed by atoms with Gasteiger partial charge in [-0.05, 0) is 26.2 Å². The van der Waals surface area contributed by atoms with Gasteiger partial charge in [-0.25, -0.2) is 4.79 Å². The maximum Gasteiger partial charge on any atom is 0.336 e. The molecule has 1 amide bonds. The number of hydrogen-bond donors (Lipinski definition) is 2. The van der Waals surface area contributed by atoms with E-state index >= 15 is 0 Å². The van der Waals surface area contributed by atoms with E-state index in [0.29, 0.717) is 34.2 Å². The molecule has 0 aromatic heterocycles. The number of allylic oxidation sites excluding steroid dienone is 2. The van der Waals surface area contributed by atoms with Crippen molar-refractivity contribution >= 4 is 23.6 Å². The Bertz CT molecular complexity index is 588. The Balaban J connectivity index is 3.24. The van der Waals surface area contributed by atoms with Gasteiger partial charge in [0.2, 0.25) is 5.91 Å². The van der Waals surface area contributed by atoms with Crippen molar-refractivity contribution in [1.82, 2.24) is 5.32 Å². The number of nitriles is 1. The van der Waals surface area contributed by atoms with Gasteiger partial charge in [0, 0.05) is 11.6 Å². The zero-order valence-corrected chi connectivity index (χ0v) is 14.8. The molecule has 0 aromatic carbocycles. The smallest absolute Gasteiger partial charge is 0.336 e. The van der Waals surface area contributed by atoms with E-state index in [1.807, 2.05) is 13.8 Å². The first kappa shape index (κ1) is 19.1. The van der Waals surface area contributed by atoms with Crippen molar-refractivity contribution in [3.63, 3.8) is 0 Å². The van der Waals surface area contributed by atoms with Crippen molar-refractivity contribution in [2.45, 2.75) is 34.1 Å². The number of dihydropyridines is 1. The number of rotatable bonds is 7. The maximum absolute atomic E-state index is 12.3. The highest BCUT2D eigenvalue weighted by atomic mass is 32.2. The Hall–Kier alpha value is -1.94. The molecule has 0 saturated heterocycles. The quantitative estimate of drug-likeness (QED) is 0.689. The Morgan fingerprint density at radius 2 is 2.13 bits per heavy atom. The second-order valence-electron chi connectivity index (χ2n) is 5.68. The molecular weight excluding hydrogens is 314 g/mol. The van der Waals surface area contributed by atoms with Gasteiger partial charge in [0.15, 0.2) is 0 Å². The Labute approximate surface area is 141 Å². The summed E-state index contributed by atoms with van der Waals surface area (Å²) in [4.78, 5) is 23.3. The van der Waals surface area contributed by atoms with Crippen molar-refractivity contribution in [2.24, 2.45) is 17.6 Å². The first-order chi connectivity index (χ1) is 10.8. The molecule has 0 spiro atoms. The molecule has 1 rings (SSSR count). The van der Waals surface area contributed by atoms with E-state index in [1.165, 1.54) is 11.8 Å². The molecule has 3 N–H and O–H groups in total. The minimum atomic E-state index is -0.458. The third kappa shape index (κ3) is 5.03. The van der Waals surface area contributed by atoms with Crippen molar-refractivity contribution in [3.05, 3.63) is 21.9 Å². The number of primary amides is 1. The number of hydrogen-bond acceptors (Lipinski definition) is 6. The summed E-state index contributed by atoms with van der Waals surface area (Å²) < 4.78 is 5.14. The molecule has 23 heavy (non-hydrogen) atoms. The molecule has 0 bridgehead atoms. The Morgan fingerprint density at radius 3 is 2.61 bits per heavy atom. The summed E-state index contributed by atoms with van der Waals surface area (Å²) in [5.41, 5.74) is 6.78. The topological polar surface area (TPSA) is 105 Å². The van der Waals surface area contributed by atoms with Gasteiger partial charge >= 0.3 is 5.97 Å². The third-order valence-electron chi connectivity index (χ3n) is 3.33. The van der Waals surface area contributed by atoms with Gasteiger partial charge in [-0.3, -0.25) is 4.79 Å². The number of amides is 1. The molecule has 6 nitrogen and oxygen atoms in total. The molecule has 0 aliphatic carbocycles. The molecule has 126 valence electrons. The van der Waals surface area contributed by atoms with Crippen LogP contribution in [0.2, 0.25) is 0 Å². The Morgan fingerprint density at radius 1 is 1.48 bits per heavy atom. The second-order valence-corrected chi connectivity index (χ2v) is 6.66. The third-order valence-corrected chi connectivity index (χ3v) is 4.37. The first-order valence-corrected chi connectivity index (χ1v) is 8.50. The number of nitrogens with one attached hydrogen (secondary N) is 1. The van der Waals surface area contributed by atoms with E-state index in [2.05, 4.69) is 11.4 Å². The largest absolute Gasteiger partial charge is 0.463 e. The summed E-state index contributed by atoms with van der Waals surface area (Å²) in [5, 5.41) is 13.2.